The predicted octanol–water partition coefficient (Wildman–Crippen LogP) is 2.55. The van der Waals surface area contributed by atoms with E-state index in [4.69, 9.17) is 5.73 Å². The van der Waals surface area contributed by atoms with Gasteiger partial charge in [-0.1, -0.05) is 19.9 Å². The molecule has 0 aromatic heterocycles. The largest absolute Gasteiger partial charge is 0.586 e. The summed E-state index contributed by atoms with van der Waals surface area (Å²) in [7, 11) is 0. The molecule has 1 amide bonds. The van der Waals surface area contributed by atoms with E-state index in [0.29, 0.717) is 18.4 Å². The van der Waals surface area contributed by atoms with Crippen molar-refractivity contribution in [3.63, 3.8) is 0 Å². The zero-order valence-electron chi connectivity index (χ0n) is 10.7. The number of hydrogen-bond donors (Lipinski definition) is 1. The highest BCUT2D eigenvalue weighted by atomic mass is 19.3. The zero-order chi connectivity index (χ0) is 14.3. The van der Waals surface area contributed by atoms with Crippen LogP contribution in [-0.4, -0.2) is 12.2 Å². The average Bonchev–Trinajstić information content (AvgIpc) is 3.09. The zero-order valence-corrected chi connectivity index (χ0v) is 10.7. The van der Waals surface area contributed by atoms with Crippen LogP contribution in [0.3, 0.4) is 0 Å². The number of benzene rings is 1. The van der Waals surface area contributed by atoms with Crippen molar-refractivity contribution in [3.05, 3.63) is 23.8 Å². The maximum Gasteiger partial charge on any atom is 0.586 e. The Bertz CT molecular complexity index is 513. The second-order valence-corrected chi connectivity index (χ2v) is 4.28. The van der Waals surface area contributed by atoms with Crippen LogP contribution in [0.2, 0.25) is 0 Å². The molecule has 0 saturated heterocycles. The summed E-state index contributed by atoms with van der Waals surface area (Å²) < 4.78 is 34.2. The number of halogens is 2. The van der Waals surface area contributed by atoms with Gasteiger partial charge >= 0.3 is 6.29 Å². The van der Waals surface area contributed by atoms with Gasteiger partial charge in [-0.05, 0) is 30.5 Å². The van der Waals surface area contributed by atoms with Crippen LogP contribution >= 0.6 is 0 Å². The van der Waals surface area contributed by atoms with Crippen molar-refractivity contribution in [1.82, 2.24) is 0 Å². The van der Waals surface area contributed by atoms with Gasteiger partial charge in [0.1, 0.15) is 0 Å². The van der Waals surface area contributed by atoms with Crippen molar-refractivity contribution in [2.45, 2.75) is 38.4 Å². The van der Waals surface area contributed by atoms with Crippen LogP contribution in [0, 0.1) is 0 Å². The monoisotopic (exact) mass is 271 g/mol. The molecule has 3 rings (SSSR count). The van der Waals surface area contributed by atoms with E-state index in [1.54, 1.807) is 6.07 Å². The molecule has 0 atom stereocenters. The van der Waals surface area contributed by atoms with Gasteiger partial charge in [0.2, 0.25) is 5.91 Å². The summed E-state index contributed by atoms with van der Waals surface area (Å²) >= 11 is 0. The second kappa shape index (κ2) is 4.36. The molecule has 6 heteroatoms. The van der Waals surface area contributed by atoms with Crippen molar-refractivity contribution in [2.24, 2.45) is 5.73 Å². The van der Waals surface area contributed by atoms with Crippen molar-refractivity contribution in [1.29, 1.82) is 0 Å². The van der Waals surface area contributed by atoms with E-state index in [-0.39, 0.29) is 11.5 Å². The third kappa shape index (κ3) is 2.22. The van der Waals surface area contributed by atoms with Gasteiger partial charge in [-0.25, -0.2) is 0 Å². The number of carbonyl (C=O) groups excluding carboxylic acids is 1. The first-order valence-corrected chi connectivity index (χ1v) is 6.13. The number of primary amides is 1. The van der Waals surface area contributed by atoms with Crippen molar-refractivity contribution in [2.75, 3.05) is 0 Å². The minimum atomic E-state index is -3.63. The van der Waals surface area contributed by atoms with Gasteiger partial charge in [0, 0.05) is 0 Å². The summed E-state index contributed by atoms with van der Waals surface area (Å²) in [4.78, 5) is 11.3. The standard InChI is InChI=1S/C11H9F2NO3.C2H6/c12-11(13)16-7-2-1-6(5-8(7)17-11)10(3-4-10)9(14)15;1-2/h1-2,5H,3-4H2,(H2,14,15);1-2H3. The molecule has 4 nitrogen and oxygen atoms in total. The molecule has 1 aromatic rings. The van der Waals surface area contributed by atoms with E-state index in [1.165, 1.54) is 12.1 Å². The highest BCUT2D eigenvalue weighted by molar-refractivity contribution is 5.90. The molecule has 104 valence electrons. The van der Waals surface area contributed by atoms with Gasteiger partial charge in [-0.2, -0.15) is 0 Å². The van der Waals surface area contributed by atoms with Crippen LogP contribution in [-0.2, 0) is 10.2 Å². The van der Waals surface area contributed by atoms with Gasteiger partial charge in [-0.3, -0.25) is 4.79 Å². The Balaban J connectivity index is 0.000000637. The quantitative estimate of drug-likeness (QED) is 0.899. The Hall–Kier alpha value is -1.85. The van der Waals surface area contributed by atoms with Gasteiger partial charge in [0.05, 0.1) is 5.41 Å². The predicted molar refractivity (Wildman–Crippen MR) is 64.1 cm³/mol. The molecule has 0 radical (unpaired) electrons. The highest BCUT2D eigenvalue weighted by Gasteiger charge is 2.51. The van der Waals surface area contributed by atoms with Crippen molar-refractivity contribution < 1.29 is 23.0 Å². The Morgan fingerprint density at radius 2 is 1.79 bits per heavy atom. The average molecular weight is 271 g/mol. The van der Waals surface area contributed by atoms with E-state index in [0.717, 1.165) is 0 Å². The van der Waals surface area contributed by atoms with E-state index in [1.807, 2.05) is 13.8 Å². The first-order chi connectivity index (χ1) is 8.93. The second-order valence-electron chi connectivity index (χ2n) is 4.28. The molecule has 1 aliphatic heterocycles. The highest BCUT2D eigenvalue weighted by Crippen LogP contribution is 2.51. The maximum atomic E-state index is 12.8. The van der Waals surface area contributed by atoms with Gasteiger partial charge in [0.25, 0.3) is 0 Å². The van der Waals surface area contributed by atoms with E-state index >= 15 is 0 Å². The lowest BCUT2D eigenvalue weighted by Crippen LogP contribution is -2.28. The summed E-state index contributed by atoms with van der Waals surface area (Å²) in [5.74, 6) is -0.526. The number of ether oxygens (including phenoxy) is 2. The maximum absolute atomic E-state index is 12.8. The molecule has 1 heterocycles. The lowest BCUT2D eigenvalue weighted by molar-refractivity contribution is -0.286. The van der Waals surface area contributed by atoms with Gasteiger partial charge in [0.15, 0.2) is 11.5 Å². The first-order valence-electron chi connectivity index (χ1n) is 6.13. The number of amides is 1. The molecule has 0 unspecified atom stereocenters. The fraction of sp³-hybridized carbons (Fsp3) is 0.462. The smallest absolute Gasteiger partial charge is 0.395 e. The summed E-state index contributed by atoms with van der Waals surface area (Å²) in [6, 6.07) is 4.34. The fourth-order valence-corrected chi connectivity index (χ4v) is 2.05. The van der Waals surface area contributed by atoms with Crippen LogP contribution in [0.5, 0.6) is 11.5 Å². The molecule has 1 saturated carbocycles. The molecule has 0 bridgehead atoms. The Kier molecular flexibility index (Phi) is 3.12. The molecule has 19 heavy (non-hydrogen) atoms. The minimum absolute atomic E-state index is 0.0287. The topological polar surface area (TPSA) is 61.6 Å². The molecular weight excluding hydrogens is 256 g/mol. The van der Waals surface area contributed by atoms with E-state index < -0.39 is 17.6 Å². The molecule has 2 aliphatic rings. The van der Waals surface area contributed by atoms with Crippen LogP contribution in [0.1, 0.15) is 32.3 Å². The number of carbonyl (C=O) groups is 1. The lowest BCUT2D eigenvalue weighted by atomic mass is 9.95. The summed E-state index contributed by atoms with van der Waals surface area (Å²) in [5, 5.41) is 0. The number of hydrogen-bond acceptors (Lipinski definition) is 3. The van der Waals surface area contributed by atoms with Crippen molar-refractivity contribution >= 4 is 5.91 Å². The Morgan fingerprint density at radius 3 is 2.32 bits per heavy atom. The van der Waals surface area contributed by atoms with E-state index in [9.17, 15) is 13.6 Å². The van der Waals surface area contributed by atoms with Crippen LogP contribution in [0.25, 0.3) is 0 Å². The number of rotatable bonds is 2. The molecule has 0 spiro atoms. The lowest BCUT2D eigenvalue weighted by Gasteiger charge is -2.11. The molecule has 1 fully saturated rings. The van der Waals surface area contributed by atoms with Gasteiger partial charge in [-0.15, -0.1) is 8.78 Å². The third-order valence-corrected chi connectivity index (χ3v) is 3.18. The molecular formula is C13H15F2NO3. The molecule has 1 aromatic carbocycles. The number of nitrogens with two attached hydrogens (primary N) is 1. The van der Waals surface area contributed by atoms with E-state index in [2.05, 4.69) is 9.47 Å². The normalized spacial score (nSPS) is 20.2. The van der Waals surface area contributed by atoms with Crippen LogP contribution in [0.4, 0.5) is 8.78 Å². The first kappa shape index (κ1) is 13.6. The summed E-state index contributed by atoms with van der Waals surface area (Å²) in [5.41, 5.74) is 5.19. The van der Waals surface area contributed by atoms with Crippen molar-refractivity contribution in [3.8, 4) is 11.5 Å². The Labute approximate surface area is 109 Å². The number of alkyl halides is 2. The number of fused-ring (bicyclic) bond motifs is 1. The van der Waals surface area contributed by atoms with Gasteiger partial charge < -0.3 is 15.2 Å². The van der Waals surface area contributed by atoms with Crippen LogP contribution < -0.4 is 15.2 Å². The summed E-state index contributed by atoms with van der Waals surface area (Å²) in [6.45, 7) is 4.00. The molecule has 2 N–H and O–H groups in total. The SMILES string of the molecule is CC.NC(=O)C1(c2ccc3c(c2)OC(F)(F)O3)CC1. The fourth-order valence-electron chi connectivity index (χ4n) is 2.05. The molecule has 1 aliphatic carbocycles. The van der Waals surface area contributed by atoms with Crippen LogP contribution in [0.15, 0.2) is 18.2 Å². The third-order valence-electron chi connectivity index (χ3n) is 3.18. The summed E-state index contributed by atoms with van der Waals surface area (Å²) in [6.07, 6.45) is -2.36. The minimum Gasteiger partial charge on any atom is -0.395 e. The Morgan fingerprint density at radius 1 is 1.21 bits per heavy atom.